The summed E-state index contributed by atoms with van der Waals surface area (Å²) in [6.07, 6.45) is 1.04. The van der Waals surface area contributed by atoms with E-state index in [-0.39, 0.29) is 65.8 Å². The Balaban J connectivity index is 0.000000377. The summed E-state index contributed by atoms with van der Waals surface area (Å²) in [5.41, 5.74) is 14.6. The maximum absolute atomic E-state index is 14.1. The smallest absolute Gasteiger partial charge is 0.353 e. The zero-order chi connectivity index (χ0) is 34.6. The van der Waals surface area contributed by atoms with Gasteiger partial charge in [0, 0.05) is 18.7 Å². The van der Waals surface area contributed by atoms with E-state index in [1.807, 2.05) is 19.1 Å². The number of rotatable bonds is 9. The number of primary amides is 1. The summed E-state index contributed by atoms with van der Waals surface area (Å²) in [5.74, 6) is -4.22. The molecule has 1 atom stereocenters. The number of hydrogen-bond acceptors (Lipinski definition) is 12. The van der Waals surface area contributed by atoms with Crippen molar-refractivity contribution in [1.82, 2.24) is 19.7 Å². The third-order valence-corrected chi connectivity index (χ3v) is 6.74. The van der Waals surface area contributed by atoms with Gasteiger partial charge in [-0.05, 0) is 42.3 Å². The van der Waals surface area contributed by atoms with Crippen molar-refractivity contribution in [3.8, 4) is 0 Å². The molecule has 0 bridgehead atoms. The second kappa shape index (κ2) is 14.7. The van der Waals surface area contributed by atoms with Crippen molar-refractivity contribution in [1.29, 1.82) is 0 Å². The van der Waals surface area contributed by atoms with Gasteiger partial charge in [-0.25, -0.2) is 23.9 Å². The predicted molar refractivity (Wildman–Crippen MR) is 172 cm³/mol. The highest BCUT2D eigenvalue weighted by atomic mass is 19.1. The minimum absolute atomic E-state index is 0. The monoisotopic (exact) mass is 662 g/mol. The number of halogens is 1. The Labute approximate surface area is 271 Å². The molecule has 5 rings (SSSR count). The molecule has 48 heavy (non-hydrogen) atoms. The number of amides is 2. The van der Waals surface area contributed by atoms with Crippen molar-refractivity contribution in [2.24, 2.45) is 11.5 Å². The molecule has 0 spiro atoms. The van der Waals surface area contributed by atoms with Crippen molar-refractivity contribution < 1.29 is 33.4 Å². The van der Waals surface area contributed by atoms with Crippen LogP contribution in [0.15, 0.2) is 64.4 Å². The van der Waals surface area contributed by atoms with Crippen LogP contribution in [0, 0.1) is 5.82 Å². The molecular weight excluding hydrogens is 631 g/mol. The van der Waals surface area contributed by atoms with Crippen molar-refractivity contribution in [3.05, 3.63) is 115 Å². The van der Waals surface area contributed by atoms with E-state index in [1.54, 1.807) is 12.1 Å². The number of aromatic nitrogens is 3. The van der Waals surface area contributed by atoms with Gasteiger partial charge in [-0.2, -0.15) is 0 Å². The van der Waals surface area contributed by atoms with Crippen LogP contribution in [0.3, 0.4) is 0 Å². The largest absolute Gasteiger partial charge is 0.477 e. The lowest BCUT2D eigenvalue weighted by Gasteiger charge is -2.12. The third kappa shape index (κ3) is 7.48. The van der Waals surface area contributed by atoms with Crippen LogP contribution in [-0.2, 0) is 11.3 Å². The number of hydrogen-bond donors (Lipinski definition) is 6. The van der Waals surface area contributed by atoms with E-state index >= 15 is 0 Å². The molecule has 2 aromatic heterocycles. The second-order valence-electron chi connectivity index (χ2n) is 9.95. The number of benzene rings is 2. The van der Waals surface area contributed by atoms with Gasteiger partial charge in [0.2, 0.25) is 0 Å². The van der Waals surface area contributed by atoms with E-state index in [0.717, 1.165) is 28.4 Å². The fourth-order valence-electron chi connectivity index (χ4n) is 4.19. The van der Waals surface area contributed by atoms with Crippen LogP contribution in [0.1, 0.15) is 73.3 Å². The summed E-state index contributed by atoms with van der Waals surface area (Å²) in [7, 11) is 1.36. The van der Waals surface area contributed by atoms with Gasteiger partial charge in [0.15, 0.2) is 11.3 Å². The minimum Gasteiger partial charge on any atom is -0.477 e. The molecule has 9 N–H and O–H groups in total. The zero-order valence-corrected chi connectivity index (χ0v) is 24.7. The summed E-state index contributed by atoms with van der Waals surface area (Å²) in [6.45, 7) is 1.75. The van der Waals surface area contributed by atoms with Crippen LogP contribution in [0.4, 0.5) is 21.5 Å². The van der Waals surface area contributed by atoms with E-state index in [1.165, 1.54) is 19.2 Å². The number of anilines is 3. The number of carboxylic acids is 1. The maximum atomic E-state index is 14.1. The molecule has 0 aliphatic carbocycles. The highest BCUT2D eigenvalue weighted by molar-refractivity contribution is 6.00. The first kappa shape index (κ1) is 36.0. The van der Waals surface area contributed by atoms with E-state index in [2.05, 4.69) is 25.3 Å². The Morgan fingerprint density at radius 3 is 2.29 bits per heavy atom. The van der Waals surface area contributed by atoms with E-state index in [9.17, 15) is 38.3 Å². The first-order valence-electron chi connectivity index (χ1n) is 13.5. The van der Waals surface area contributed by atoms with Gasteiger partial charge >= 0.3 is 11.9 Å². The van der Waals surface area contributed by atoms with Crippen LogP contribution >= 0.6 is 0 Å². The average Bonchev–Trinajstić information content (AvgIpc) is 3.50. The first-order chi connectivity index (χ1) is 22.2. The Morgan fingerprint density at radius 2 is 1.73 bits per heavy atom. The molecule has 0 saturated heterocycles. The quantitative estimate of drug-likeness (QED) is 0.0969. The lowest BCUT2D eigenvalue weighted by molar-refractivity contribution is 0.0599. The van der Waals surface area contributed by atoms with Gasteiger partial charge in [-0.15, -0.1) is 0 Å². The molecule has 3 aromatic carbocycles. The number of nitrogens with one attached hydrogen (secondary N) is 2. The van der Waals surface area contributed by atoms with Crippen LogP contribution in [0.25, 0.3) is 5.65 Å². The van der Waals surface area contributed by atoms with Gasteiger partial charge < -0.3 is 37.7 Å². The molecule has 2 heterocycles. The van der Waals surface area contributed by atoms with Crippen LogP contribution in [0.2, 0.25) is 0 Å². The number of carbonyl (C=O) groups excluding carboxylic acids is 3. The number of imidazole rings is 1. The van der Waals surface area contributed by atoms with E-state index < -0.39 is 34.5 Å². The van der Waals surface area contributed by atoms with Crippen LogP contribution in [0.5, 0.6) is 0 Å². The SMILES string of the molecule is C.COC(=O)c1ccc([C@@H](C)N)cc1.NC(=O)c1ncn2c(C(=O)O)cc(C(=O)NCc3ccc(F)c(Nc4c(N)c(=O)c4=O)c3)nc12. The summed E-state index contributed by atoms with van der Waals surface area (Å²) in [4.78, 5) is 77.3. The first-order valence-corrected chi connectivity index (χ1v) is 13.5. The zero-order valence-electron chi connectivity index (χ0n) is 24.7. The Morgan fingerprint density at radius 1 is 1.06 bits per heavy atom. The van der Waals surface area contributed by atoms with Gasteiger partial charge in [-0.1, -0.05) is 25.6 Å². The van der Waals surface area contributed by atoms with Gasteiger partial charge in [0.1, 0.15) is 34.9 Å². The molecule has 2 amide bonds. The summed E-state index contributed by atoms with van der Waals surface area (Å²) >= 11 is 0. The molecule has 0 unspecified atom stereocenters. The van der Waals surface area contributed by atoms with Crippen molar-refractivity contribution >= 4 is 46.5 Å². The molecule has 16 nitrogen and oxygen atoms in total. The minimum atomic E-state index is -1.40. The van der Waals surface area contributed by atoms with Crippen LogP contribution in [-0.4, -0.2) is 50.3 Å². The molecule has 0 aliphatic heterocycles. The van der Waals surface area contributed by atoms with Crippen molar-refractivity contribution in [2.45, 2.75) is 26.9 Å². The fourth-order valence-corrected chi connectivity index (χ4v) is 4.19. The number of nitrogens with two attached hydrogens (primary N) is 3. The lowest BCUT2D eigenvalue weighted by atomic mass is 10.1. The fraction of sp³-hybridized carbons (Fsp3) is 0.161. The third-order valence-electron chi connectivity index (χ3n) is 6.74. The molecule has 5 aromatic rings. The number of ether oxygens (including phenoxy) is 1. The van der Waals surface area contributed by atoms with Gasteiger partial charge in [0.05, 0.1) is 18.4 Å². The number of fused-ring (bicyclic) bond motifs is 1. The van der Waals surface area contributed by atoms with Gasteiger partial charge in [-0.3, -0.25) is 23.6 Å². The number of nitrogens with zero attached hydrogens (tertiary/aromatic N) is 3. The predicted octanol–water partition coefficient (Wildman–Crippen LogP) is 1.65. The highest BCUT2D eigenvalue weighted by Crippen LogP contribution is 2.23. The van der Waals surface area contributed by atoms with E-state index in [4.69, 9.17) is 17.2 Å². The molecule has 17 heteroatoms. The standard InChI is InChI=1S/C20H14FN7O6.C10H13NO2.CH4/c21-8-2-1-7(3-9(8)26-13-12(22)15(29)16(13)30)5-24-19(32)10-4-11(20(33)34)28-6-25-14(17(23)31)18(28)27-10;1-7(11)8-3-5-9(6-4-8)10(12)13-2;/h1-4,6,26H,5,22H2,(H2,23,31)(H,24,32)(H,33,34);3-7H,11H2,1-2H3;1H4/t;7-;/m.1./s1. The summed E-state index contributed by atoms with van der Waals surface area (Å²) < 4.78 is 19.7. The van der Waals surface area contributed by atoms with Crippen molar-refractivity contribution in [3.63, 3.8) is 0 Å². The molecule has 0 fully saturated rings. The summed E-state index contributed by atoms with van der Waals surface area (Å²) in [6, 6.07) is 11.8. The molecular formula is C31H31FN8O8. The maximum Gasteiger partial charge on any atom is 0.353 e. The number of esters is 1. The van der Waals surface area contributed by atoms with Crippen LogP contribution < -0.4 is 38.7 Å². The Bertz CT molecular complexity index is 2100. The molecule has 0 radical (unpaired) electrons. The molecule has 0 aliphatic rings. The number of aromatic carboxylic acids is 1. The number of methoxy groups -OCH3 is 1. The average molecular weight is 663 g/mol. The van der Waals surface area contributed by atoms with Gasteiger partial charge in [0.25, 0.3) is 22.7 Å². The Hall–Kier alpha value is -6.49. The number of nitrogen functional groups attached to an aromatic ring is 1. The van der Waals surface area contributed by atoms with Crippen molar-refractivity contribution in [2.75, 3.05) is 18.2 Å². The number of carbonyl (C=O) groups is 4. The summed E-state index contributed by atoms with van der Waals surface area (Å²) in [5, 5.41) is 14.4. The molecule has 250 valence electrons. The lowest BCUT2D eigenvalue weighted by Crippen LogP contribution is -2.36. The highest BCUT2D eigenvalue weighted by Gasteiger charge is 2.22. The number of carboxylic acid groups (broad SMARTS) is 1. The second-order valence-corrected chi connectivity index (χ2v) is 9.95. The Kier molecular flexibility index (Phi) is 11.0. The normalized spacial score (nSPS) is 11.1. The topological polar surface area (TPSA) is 264 Å². The molecule has 0 saturated carbocycles. The van der Waals surface area contributed by atoms with E-state index in [0.29, 0.717) is 11.1 Å².